The zero-order chi connectivity index (χ0) is 18.0. The van der Waals surface area contributed by atoms with Gasteiger partial charge in [-0.1, -0.05) is 36.4 Å². The molecule has 0 aliphatic carbocycles. The summed E-state index contributed by atoms with van der Waals surface area (Å²) >= 11 is 0. The van der Waals surface area contributed by atoms with E-state index in [0.29, 0.717) is 24.2 Å². The Morgan fingerprint density at radius 2 is 1.92 bits per heavy atom. The van der Waals surface area contributed by atoms with Crippen LogP contribution in [0.25, 0.3) is 0 Å². The van der Waals surface area contributed by atoms with E-state index in [2.05, 4.69) is 5.32 Å². The number of anilines is 1. The van der Waals surface area contributed by atoms with Gasteiger partial charge in [0.1, 0.15) is 11.7 Å². The number of hydrogen-bond donors (Lipinski definition) is 1. The molecule has 0 radical (unpaired) electrons. The Morgan fingerprint density at radius 1 is 1.20 bits per heavy atom. The highest BCUT2D eigenvalue weighted by molar-refractivity contribution is 6.10. The Hall–Kier alpha value is -2.69. The highest BCUT2D eigenvalue weighted by Crippen LogP contribution is 2.29. The minimum atomic E-state index is -0.728. The second-order valence-corrected chi connectivity index (χ2v) is 6.36. The van der Waals surface area contributed by atoms with Crippen molar-refractivity contribution < 1.29 is 14.0 Å². The van der Waals surface area contributed by atoms with Gasteiger partial charge in [0.05, 0.1) is 6.04 Å². The van der Waals surface area contributed by atoms with E-state index >= 15 is 0 Å². The molecule has 0 aromatic heterocycles. The maximum absolute atomic E-state index is 13.8. The van der Waals surface area contributed by atoms with Crippen molar-refractivity contribution >= 4 is 17.5 Å². The monoisotopic (exact) mass is 340 g/mol. The number of amides is 2. The van der Waals surface area contributed by atoms with Crippen LogP contribution in [0.1, 0.15) is 30.5 Å². The maximum Gasteiger partial charge on any atom is 0.239 e. The number of carbonyl (C=O) groups is 2. The molecule has 25 heavy (non-hydrogen) atoms. The van der Waals surface area contributed by atoms with Gasteiger partial charge in [0.2, 0.25) is 11.8 Å². The van der Waals surface area contributed by atoms with E-state index in [0.717, 1.165) is 5.56 Å². The molecule has 3 rings (SSSR count). The number of hydrogen-bond acceptors (Lipinski definition) is 2. The Labute approximate surface area is 146 Å². The van der Waals surface area contributed by atoms with Crippen molar-refractivity contribution in [2.75, 3.05) is 11.4 Å². The standard InChI is InChI=1S/C20H21FN2O2/c1-13-17(21)9-6-10-18(13)23-12-11-16(20(23)25)19(24)22-14(2)15-7-4-3-5-8-15/h3-10,14,16H,11-12H2,1-2H3,(H,22,24). The lowest BCUT2D eigenvalue weighted by atomic mass is 10.0. The lowest BCUT2D eigenvalue weighted by molar-refractivity contribution is -0.132. The normalized spacial score (nSPS) is 18.3. The molecule has 2 aromatic rings. The number of benzene rings is 2. The quantitative estimate of drug-likeness (QED) is 0.868. The third-order valence-corrected chi connectivity index (χ3v) is 4.71. The van der Waals surface area contributed by atoms with Crippen LogP contribution in [0.4, 0.5) is 10.1 Å². The predicted molar refractivity (Wildman–Crippen MR) is 94.6 cm³/mol. The summed E-state index contributed by atoms with van der Waals surface area (Å²) in [5.41, 5.74) is 1.95. The van der Waals surface area contributed by atoms with E-state index in [1.54, 1.807) is 19.1 Å². The number of halogens is 1. The largest absolute Gasteiger partial charge is 0.349 e. The van der Waals surface area contributed by atoms with Gasteiger partial charge in [-0.15, -0.1) is 0 Å². The molecule has 1 heterocycles. The number of carbonyl (C=O) groups excluding carboxylic acids is 2. The summed E-state index contributed by atoms with van der Waals surface area (Å²) in [5, 5.41) is 2.91. The van der Waals surface area contributed by atoms with Gasteiger partial charge < -0.3 is 10.2 Å². The van der Waals surface area contributed by atoms with Gasteiger partial charge in [0.25, 0.3) is 0 Å². The summed E-state index contributed by atoms with van der Waals surface area (Å²) in [5.74, 6) is -1.63. The SMILES string of the molecule is Cc1c(F)cccc1N1CCC(C(=O)NC(C)c2ccccc2)C1=O. The zero-order valence-corrected chi connectivity index (χ0v) is 14.3. The molecular formula is C20H21FN2O2. The molecule has 0 spiro atoms. The first-order chi connectivity index (χ1) is 12.0. The van der Waals surface area contributed by atoms with Gasteiger partial charge in [0, 0.05) is 17.8 Å². The molecule has 1 saturated heterocycles. The number of nitrogens with zero attached hydrogens (tertiary/aromatic N) is 1. The molecule has 2 aromatic carbocycles. The van der Waals surface area contributed by atoms with Gasteiger partial charge in [0.15, 0.2) is 0 Å². The highest BCUT2D eigenvalue weighted by Gasteiger charge is 2.38. The van der Waals surface area contributed by atoms with Gasteiger partial charge in [-0.2, -0.15) is 0 Å². The fourth-order valence-electron chi connectivity index (χ4n) is 3.19. The third-order valence-electron chi connectivity index (χ3n) is 4.71. The number of nitrogens with one attached hydrogen (secondary N) is 1. The van der Waals surface area contributed by atoms with Gasteiger partial charge in [-0.3, -0.25) is 9.59 Å². The minimum absolute atomic E-state index is 0.175. The van der Waals surface area contributed by atoms with Crippen molar-refractivity contribution in [3.05, 3.63) is 65.5 Å². The van der Waals surface area contributed by atoms with Crippen LogP contribution in [0.2, 0.25) is 0 Å². The predicted octanol–water partition coefficient (Wildman–Crippen LogP) is 3.36. The Balaban J connectivity index is 1.71. The van der Waals surface area contributed by atoms with Gasteiger partial charge in [-0.05, 0) is 38.0 Å². The molecule has 4 nitrogen and oxygen atoms in total. The Kier molecular flexibility index (Phi) is 4.83. The fraction of sp³-hybridized carbons (Fsp3) is 0.300. The van der Waals surface area contributed by atoms with Crippen molar-refractivity contribution in [1.29, 1.82) is 0 Å². The molecule has 2 unspecified atom stereocenters. The fourth-order valence-corrected chi connectivity index (χ4v) is 3.19. The topological polar surface area (TPSA) is 49.4 Å². The lowest BCUT2D eigenvalue weighted by Gasteiger charge is -2.20. The third kappa shape index (κ3) is 3.40. The van der Waals surface area contributed by atoms with Crippen LogP contribution in [-0.2, 0) is 9.59 Å². The first-order valence-electron chi connectivity index (χ1n) is 8.41. The lowest BCUT2D eigenvalue weighted by Crippen LogP contribution is -2.38. The van der Waals surface area contributed by atoms with Crippen LogP contribution in [0.3, 0.4) is 0 Å². The van der Waals surface area contributed by atoms with Crippen molar-refractivity contribution in [1.82, 2.24) is 5.32 Å². The second-order valence-electron chi connectivity index (χ2n) is 6.36. The molecule has 1 aliphatic heterocycles. The molecule has 0 bridgehead atoms. The van der Waals surface area contributed by atoms with E-state index in [9.17, 15) is 14.0 Å². The molecule has 5 heteroatoms. The van der Waals surface area contributed by atoms with Crippen molar-refractivity contribution in [3.8, 4) is 0 Å². The Morgan fingerprint density at radius 3 is 2.64 bits per heavy atom. The molecular weight excluding hydrogens is 319 g/mol. The summed E-state index contributed by atoms with van der Waals surface area (Å²) in [7, 11) is 0. The van der Waals surface area contributed by atoms with Crippen LogP contribution in [0, 0.1) is 18.7 Å². The maximum atomic E-state index is 13.8. The van der Waals surface area contributed by atoms with Crippen molar-refractivity contribution in [2.24, 2.45) is 5.92 Å². The Bertz CT molecular complexity index is 792. The van der Waals surface area contributed by atoms with Crippen molar-refractivity contribution in [2.45, 2.75) is 26.3 Å². The molecule has 2 atom stereocenters. The van der Waals surface area contributed by atoms with E-state index in [1.165, 1.54) is 11.0 Å². The van der Waals surface area contributed by atoms with Crippen LogP contribution < -0.4 is 10.2 Å². The number of rotatable bonds is 4. The average molecular weight is 340 g/mol. The average Bonchev–Trinajstić information content (AvgIpc) is 2.99. The summed E-state index contributed by atoms with van der Waals surface area (Å²) in [6.07, 6.45) is 0.433. The first-order valence-corrected chi connectivity index (χ1v) is 8.41. The summed E-state index contributed by atoms with van der Waals surface area (Å²) in [6.45, 7) is 3.95. The molecule has 1 fully saturated rings. The summed E-state index contributed by atoms with van der Waals surface area (Å²) in [6, 6.07) is 14.1. The molecule has 1 N–H and O–H groups in total. The van der Waals surface area contributed by atoms with Crippen LogP contribution >= 0.6 is 0 Å². The van der Waals surface area contributed by atoms with Gasteiger partial charge in [-0.25, -0.2) is 4.39 Å². The van der Waals surface area contributed by atoms with Crippen LogP contribution in [0.5, 0.6) is 0 Å². The van der Waals surface area contributed by atoms with E-state index < -0.39 is 5.92 Å². The molecule has 1 aliphatic rings. The van der Waals surface area contributed by atoms with Crippen LogP contribution in [0.15, 0.2) is 48.5 Å². The minimum Gasteiger partial charge on any atom is -0.349 e. The summed E-state index contributed by atoms with van der Waals surface area (Å²) in [4.78, 5) is 26.7. The summed E-state index contributed by atoms with van der Waals surface area (Å²) < 4.78 is 13.8. The molecule has 130 valence electrons. The van der Waals surface area contributed by atoms with Crippen LogP contribution in [-0.4, -0.2) is 18.4 Å². The smallest absolute Gasteiger partial charge is 0.239 e. The van der Waals surface area contributed by atoms with E-state index in [-0.39, 0.29) is 23.7 Å². The second kappa shape index (κ2) is 7.05. The zero-order valence-electron chi connectivity index (χ0n) is 14.3. The molecule has 2 amide bonds. The molecule has 0 saturated carbocycles. The van der Waals surface area contributed by atoms with E-state index in [1.807, 2.05) is 37.3 Å². The van der Waals surface area contributed by atoms with Crippen molar-refractivity contribution in [3.63, 3.8) is 0 Å². The van der Waals surface area contributed by atoms with Gasteiger partial charge >= 0.3 is 0 Å². The first kappa shape index (κ1) is 17.1. The van der Waals surface area contributed by atoms with E-state index in [4.69, 9.17) is 0 Å². The highest BCUT2D eigenvalue weighted by atomic mass is 19.1.